The molecule has 2 aromatic rings. The maximum atomic E-state index is 12.8. The summed E-state index contributed by atoms with van der Waals surface area (Å²) in [5, 5.41) is 11.7. The number of Topliss-reactive ketones (excluding diaryl/α,β-unsaturated/α-hetero) is 1. The molecular formula is C25H31NO8S. The Morgan fingerprint density at radius 2 is 1.83 bits per heavy atom. The second-order valence-corrected chi connectivity index (χ2v) is 7.71. The number of ether oxygens (including phenoxy) is 4. The molecule has 2 N–H and O–H groups in total. The van der Waals surface area contributed by atoms with Gasteiger partial charge in [0, 0.05) is 24.3 Å². The van der Waals surface area contributed by atoms with Crippen molar-refractivity contribution in [3.8, 4) is 5.75 Å². The minimum Gasteiger partial charge on any atom is -0.491 e. The third-order valence-corrected chi connectivity index (χ3v) is 5.09. The van der Waals surface area contributed by atoms with Crippen molar-refractivity contribution in [3.05, 3.63) is 59.7 Å². The molecule has 0 unspecified atom stereocenters. The highest BCUT2D eigenvalue weighted by Crippen LogP contribution is 2.29. The van der Waals surface area contributed by atoms with Crippen LogP contribution in [0.3, 0.4) is 0 Å². The molecule has 0 aliphatic carbocycles. The summed E-state index contributed by atoms with van der Waals surface area (Å²) in [6, 6.07) is 13.3. The maximum Gasteiger partial charge on any atom is 0.412 e. The lowest BCUT2D eigenvalue weighted by atomic mass is 10.0. The first-order valence-electron chi connectivity index (χ1n) is 11.2. The van der Waals surface area contributed by atoms with E-state index in [1.807, 2.05) is 0 Å². The normalized spacial score (nSPS) is 12.3. The molecule has 0 saturated carbocycles. The molecule has 2 rings (SSSR count). The maximum absolute atomic E-state index is 12.8. The number of aliphatic hydroxyl groups excluding tert-OH is 1. The summed E-state index contributed by atoms with van der Waals surface area (Å²) in [5.74, 6) is -0.108. The number of hydrogen-bond donors (Lipinski definition) is 3. The van der Waals surface area contributed by atoms with Crippen LogP contribution in [0.5, 0.6) is 5.75 Å². The van der Waals surface area contributed by atoms with E-state index in [0.717, 1.165) is 0 Å². The van der Waals surface area contributed by atoms with E-state index in [9.17, 15) is 14.4 Å². The molecule has 10 heteroatoms. The number of hydrogen-bond acceptors (Lipinski definition) is 9. The lowest BCUT2D eigenvalue weighted by molar-refractivity contribution is -0.142. The van der Waals surface area contributed by atoms with Crippen molar-refractivity contribution in [1.29, 1.82) is 0 Å². The largest absolute Gasteiger partial charge is 0.491 e. The second-order valence-electron chi connectivity index (χ2n) is 7.39. The lowest BCUT2D eigenvalue weighted by Gasteiger charge is -2.27. The Morgan fingerprint density at radius 1 is 1.09 bits per heavy atom. The van der Waals surface area contributed by atoms with Crippen molar-refractivity contribution < 1.29 is 38.4 Å². The predicted octanol–water partition coefficient (Wildman–Crippen LogP) is 3.82. The van der Waals surface area contributed by atoms with E-state index in [2.05, 4.69) is 17.9 Å². The zero-order chi connectivity index (χ0) is 25.6. The van der Waals surface area contributed by atoms with Gasteiger partial charge in [0.25, 0.3) is 0 Å². The fourth-order valence-corrected chi connectivity index (χ4v) is 3.32. The summed E-state index contributed by atoms with van der Waals surface area (Å²) in [6.07, 6.45) is -1.96. The molecule has 0 saturated heterocycles. The van der Waals surface area contributed by atoms with Crippen LogP contribution in [0, 0.1) is 0 Å². The average molecular weight is 506 g/mol. The molecule has 9 nitrogen and oxygen atoms in total. The molecule has 2 aromatic carbocycles. The quantitative estimate of drug-likeness (QED) is 0.201. The molecule has 190 valence electrons. The van der Waals surface area contributed by atoms with Crippen LogP contribution in [0.2, 0.25) is 0 Å². The highest BCUT2D eigenvalue weighted by atomic mass is 32.1. The van der Waals surface area contributed by atoms with E-state index in [1.165, 1.54) is 6.92 Å². The summed E-state index contributed by atoms with van der Waals surface area (Å²) in [6.45, 7) is 3.62. The monoisotopic (exact) mass is 505 g/mol. The van der Waals surface area contributed by atoms with Gasteiger partial charge in [-0.1, -0.05) is 12.1 Å². The van der Waals surface area contributed by atoms with Crippen LogP contribution in [0.15, 0.2) is 48.5 Å². The van der Waals surface area contributed by atoms with Crippen molar-refractivity contribution in [1.82, 2.24) is 0 Å². The number of anilines is 1. The zero-order valence-corrected chi connectivity index (χ0v) is 20.7. The highest BCUT2D eigenvalue weighted by molar-refractivity contribution is 7.81. The zero-order valence-electron chi connectivity index (χ0n) is 19.8. The van der Waals surface area contributed by atoms with E-state index < -0.39 is 24.3 Å². The van der Waals surface area contributed by atoms with E-state index in [1.54, 1.807) is 55.5 Å². The van der Waals surface area contributed by atoms with E-state index in [-0.39, 0.29) is 37.8 Å². The molecule has 0 fully saturated rings. The van der Waals surface area contributed by atoms with Crippen LogP contribution >= 0.6 is 12.6 Å². The molecule has 0 aliphatic heterocycles. The van der Waals surface area contributed by atoms with E-state index >= 15 is 0 Å². The molecule has 0 heterocycles. The van der Waals surface area contributed by atoms with Crippen LogP contribution in [-0.2, 0) is 19.0 Å². The van der Waals surface area contributed by atoms with Gasteiger partial charge < -0.3 is 24.1 Å². The van der Waals surface area contributed by atoms with Gasteiger partial charge in [0.15, 0.2) is 11.9 Å². The second kappa shape index (κ2) is 15.0. The molecule has 0 spiro atoms. The minimum absolute atomic E-state index is 0.0473. The van der Waals surface area contributed by atoms with Crippen molar-refractivity contribution >= 4 is 36.2 Å². The molecule has 0 radical (unpaired) electrons. The van der Waals surface area contributed by atoms with Gasteiger partial charge in [-0.15, -0.1) is 0 Å². The molecule has 0 aliphatic rings. The number of aliphatic hydroxyl groups is 1. The standard InChI is InChI=1S/C25H31NO8S/c1-3-31-22(11-13-33-23(29)16-35)24(19-5-4-6-21(15-19)32-14-12-27)34-25(30)26-20-9-7-18(8-10-20)17(2)28/h4-10,15,22,24,27,35H,3,11-14,16H2,1-2H3,(H,26,30)/t22-,24-/m1/s1. The van der Waals surface area contributed by atoms with Crippen LogP contribution < -0.4 is 10.1 Å². The number of rotatable bonds is 14. The third-order valence-electron chi connectivity index (χ3n) is 4.83. The minimum atomic E-state index is -0.862. The molecule has 0 bridgehead atoms. The Morgan fingerprint density at radius 3 is 2.46 bits per heavy atom. The summed E-state index contributed by atoms with van der Waals surface area (Å²) < 4.78 is 22.3. The number of ketones is 1. The van der Waals surface area contributed by atoms with Gasteiger partial charge in [0.1, 0.15) is 18.5 Å². The van der Waals surface area contributed by atoms with Crippen molar-refractivity contribution in [2.75, 3.05) is 37.5 Å². The molecule has 1 amide bonds. The number of benzene rings is 2. The van der Waals surface area contributed by atoms with Gasteiger partial charge in [-0.2, -0.15) is 12.6 Å². The number of nitrogens with one attached hydrogen (secondary N) is 1. The van der Waals surface area contributed by atoms with Crippen LogP contribution in [0.4, 0.5) is 10.5 Å². The fraction of sp³-hybridized carbons (Fsp3) is 0.400. The molecular weight excluding hydrogens is 474 g/mol. The van der Waals surface area contributed by atoms with Crippen LogP contribution in [0.25, 0.3) is 0 Å². The number of carbonyl (C=O) groups excluding carboxylic acids is 3. The first-order chi connectivity index (χ1) is 16.9. The van der Waals surface area contributed by atoms with Gasteiger partial charge in [-0.3, -0.25) is 14.9 Å². The van der Waals surface area contributed by atoms with Gasteiger partial charge in [0.2, 0.25) is 0 Å². The SMILES string of the molecule is CCO[C@H](CCOC(=O)CS)[C@H](OC(=O)Nc1ccc(C(C)=O)cc1)c1cccc(OCCO)c1. The summed E-state index contributed by atoms with van der Waals surface area (Å²) in [4.78, 5) is 35.8. The molecule has 35 heavy (non-hydrogen) atoms. The third kappa shape index (κ3) is 9.59. The van der Waals surface area contributed by atoms with Gasteiger partial charge in [0.05, 0.1) is 19.0 Å². The van der Waals surface area contributed by atoms with Gasteiger partial charge in [-0.05, 0) is 55.8 Å². The molecule has 2 atom stereocenters. The number of carbonyl (C=O) groups is 3. The summed E-state index contributed by atoms with van der Waals surface area (Å²) >= 11 is 3.89. The number of thiol groups is 1. The van der Waals surface area contributed by atoms with Crippen LogP contribution in [0.1, 0.15) is 42.3 Å². The van der Waals surface area contributed by atoms with Gasteiger partial charge >= 0.3 is 12.1 Å². The Hall–Kier alpha value is -3.08. The van der Waals surface area contributed by atoms with Crippen LogP contribution in [-0.4, -0.2) is 61.2 Å². The lowest BCUT2D eigenvalue weighted by Crippen LogP contribution is -2.30. The number of esters is 1. The Bertz CT molecular complexity index is 966. The van der Waals surface area contributed by atoms with Crippen molar-refractivity contribution in [3.63, 3.8) is 0 Å². The smallest absolute Gasteiger partial charge is 0.412 e. The van der Waals surface area contributed by atoms with E-state index in [4.69, 9.17) is 24.1 Å². The van der Waals surface area contributed by atoms with Gasteiger partial charge in [-0.25, -0.2) is 4.79 Å². The predicted molar refractivity (Wildman–Crippen MR) is 133 cm³/mol. The topological polar surface area (TPSA) is 120 Å². The highest BCUT2D eigenvalue weighted by Gasteiger charge is 2.29. The number of amides is 1. The fourth-order valence-electron chi connectivity index (χ4n) is 3.23. The summed E-state index contributed by atoms with van der Waals surface area (Å²) in [5.41, 5.74) is 1.57. The Labute approximate surface area is 210 Å². The summed E-state index contributed by atoms with van der Waals surface area (Å²) in [7, 11) is 0. The van der Waals surface area contributed by atoms with Crippen molar-refractivity contribution in [2.45, 2.75) is 32.5 Å². The first-order valence-corrected chi connectivity index (χ1v) is 11.8. The van der Waals surface area contributed by atoms with Crippen molar-refractivity contribution in [2.24, 2.45) is 0 Å². The Balaban J connectivity index is 2.24. The molecule has 0 aromatic heterocycles. The van der Waals surface area contributed by atoms with E-state index in [0.29, 0.717) is 29.2 Å². The average Bonchev–Trinajstić information content (AvgIpc) is 2.86. The first kappa shape index (κ1) is 28.2. The Kier molecular flexibility index (Phi) is 12.1.